The molecular formula is C9H15FO. The molecule has 0 amide bonds. The van der Waals surface area contributed by atoms with E-state index in [0.29, 0.717) is 5.57 Å². The largest absolute Gasteiger partial charge is 0.292 e. The molecule has 0 N–H and O–H groups in total. The van der Waals surface area contributed by atoms with Gasteiger partial charge >= 0.3 is 0 Å². The fourth-order valence-corrected chi connectivity index (χ4v) is 0.800. The van der Waals surface area contributed by atoms with Crippen molar-refractivity contribution in [1.82, 2.24) is 0 Å². The topological polar surface area (TPSA) is 17.1 Å². The minimum Gasteiger partial charge on any atom is -0.292 e. The van der Waals surface area contributed by atoms with Crippen LogP contribution < -0.4 is 0 Å². The Bertz CT molecular complexity index is 182. The standard InChI is InChI=1S/C9H15FO/c1-5-6(2)7(3)9(10)8(4)11/h6H,5H2,1-4H3/b9-7-. The summed E-state index contributed by atoms with van der Waals surface area (Å²) in [6.07, 6.45) is 0.868. The van der Waals surface area contributed by atoms with Crippen molar-refractivity contribution in [1.29, 1.82) is 0 Å². The van der Waals surface area contributed by atoms with Crippen LogP contribution in [0, 0.1) is 5.92 Å². The molecule has 0 saturated carbocycles. The van der Waals surface area contributed by atoms with Crippen molar-refractivity contribution in [2.45, 2.75) is 34.1 Å². The van der Waals surface area contributed by atoms with Crippen molar-refractivity contribution in [2.75, 3.05) is 0 Å². The van der Waals surface area contributed by atoms with Crippen molar-refractivity contribution in [3.8, 4) is 0 Å². The van der Waals surface area contributed by atoms with E-state index in [2.05, 4.69) is 0 Å². The Kier molecular flexibility index (Phi) is 4.01. The van der Waals surface area contributed by atoms with Gasteiger partial charge in [0, 0.05) is 6.92 Å². The summed E-state index contributed by atoms with van der Waals surface area (Å²) in [7, 11) is 0. The molecule has 0 aromatic heterocycles. The molecule has 0 radical (unpaired) electrons. The molecule has 1 unspecified atom stereocenters. The molecular weight excluding hydrogens is 143 g/mol. The molecule has 0 spiro atoms. The third kappa shape index (κ3) is 2.83. The molecule has 0 bridgehead atoms. The Balaban J connectivity index is 4.51. The first-order chi connectivity index (χ1) is 5.00. The van der Waals surface area contributed by atoms with Crippen molar-refractivity contribution in [3.63, 3.8) is 0 Å². The van der Waals surface area contributed by atoms with Crippen molar-refractivity contribution < 1.29 is 9.18 Å². The van der Waals surface area contributed by atoms with Crippen molar-refractivity contribution >= 4 is 5.78 Å². The summed E-state index contributed by atoms with van der Waals surface area (Å²) in [5.74, 6) is -0.874. The number of allylic oxidation sites excluding steroid dienone is 2. The normalized spacial score (nSPS) is 15.7. The van der Waals surface area contributed by atoms with Crippen LogP contribution in [0.3, 0.4) is 0 Å². The maximum Gasteiger partial charge on any atom is 0.188 e. The maximum absolute atomic E-state index is 12.9. The molecule has 11 heavy (non-hydrogen) atoms. The van der Waals surface area contributed by atoms with Gasteiger partial charge in [-0.05, 0) is 24.8 Å². The van der Waals surface area contributed by atoms with Gasteiger partial charge in [-0.1, -0.05) is 13.8 Å². The first kappa shape index (κ1) is 10.3. The Hall–Kier alpha value is -0.660. The van der Waals surface area contributed by atoms with Gasteiger partial charge in [0.1, 0.15) is 0 Å². The lowest BCUT2D eigenvalue weighted by atomic mass is 9.98. The fourth-order valence-electron chi connectivity index (χ4n) is 0.800. The maximum atomic E-state index is 12.9. The summed E-state index contributed by atoms with van der Waals surface area (Å²) < 4.78 is 12.9. The molecule has 0 aromatic rings. The SMILES string of the molecule is CCC(C)/C(C)=C(\F)C(C)=O. The van der Waals surface area contributed by atoms with Crippen molar-refractivity contribution in [3.05, 3.63) is 11.4 Å². The van der Waals surface area contributed by atoms with Crippen molar-refractivity contribution in [2.24, 2.45) is 5.92 Å². The molecule has 0 rings (SSSR count). The number of rotatable bonds is 3. The third-order valence-corrected chi connectivity index (χ3v) is 2.01. The van der Waals surface area contributed by atoms with E-state index in [-0.39, 0.29) is 5.92 Å². The molecule has 2 heteroatoms. The van der Waals surface area contributed by atoms with Gasteiger partial charge in [-0.2, -0.15) is 0 Å². The highest BCUT2D eigenvalue weighted by Crippen LogP contribution is 2.18. The Morgan fingerprint density at radius 3 is 2.18 bits per heavy atom. The van der Waals surface area contributed by atoms with E-state index in [1.165, 1.54) is 6.92 Å². The van der Waals surface area contributed by atoms with Gasteiger partial charge in [0.05, 0.1) is 0 Å². The van der Waals surface area contributed by atoms with E-state index in [1.54, 1.807) is 6.92 Å². The molecule has 0 aliphatic rings. The van der Waals surface area contributed by atoms with E-state index < -0.39 is 11.6 Å². The lowest BCUT2D eigenvalue weighted by Crippen LogP contribution is -2.01. The molecule has 0 aromatic carbocycles. The first-order valence-corrected chi connectivity index (χ1v) is 3.87. The van der Waals surface area contributed by atoms with Gasteiger partial charge in [0.15, 0.2) is 11.6 Å². The third-order valence-electron chi connectivity index (χ3n) is 2.01. The summed E-state index contributed by atoms with van der Waals surface area (Å²) >= 11 is 0. The highest BCUT2D eigenvalue weighted by Gasteiger charge is 2.11. The molecule has 0 aliphatic heterocycles. The lowest BCUT2D eigenvalue weighted by Gasteiger charge is -2.08. The number of carbonyl (C=O) groups excluding carboxylic acids is 1. The molecule has 1 atom stereocenters. The minimum absolute atomic E-state index is 0.166. The van der Waals surface area contributed by atoms with E-state index in [0.717, 1.165) is 6.42 Å². The number of halogens is 1. The van der Waals surface area contributed by atoms with Crippen LogP contribution in [0.2, 0.25) is 0 Å². The molecule has 0 saturated heterocycles. The summed E-state index contributed by atoms with van der Waals surface area (Å²) in [6.45, 7) is 6.81. The smallest absolute Gasteiger partial charge is 0.188 e. The summed E-state index contributed by atoms with van der Waals surface area (Å²) in [4.78, 5) is 10.6. The first-order valence-electron chi connectivity index (χ1n) is 3.87. The molecule has 64 valence electrons. The van der Waals surface area contributed by atoms with Gasteiger partial charge in [0.25, 0.3) is 0 Å². The average Bonchev–Trinajstić information content (AvgIpc) is 2.00. The van der Waals surface area contributed by atoms with E-state index in [4.69, 9.17) is 0 Å². The highest BCUT2D eigenvalue weighted by atomic mass is 19.1. The van der Waals surface area contributed by atoms with Gasteiger partial charge in [-0.15, -0.1) is 0 Å². The van der Waals surface area contributed by atoms with Crippen LogP contribution in [0.4, 0.5) is 4.39 Å². The van der Waals surface area contributed by atoms with Crippen LogP contribution in [0.1, 0.15) is 34.1 Å². The van der Waals surface area contributed by atoms with Crippen LogP contribution in [0.25, 0.3) is 0 Å². The van der Waals surface area contributed by atoms with Crippen LogP contribution in [-0.4, -0.2) is 5.78 Å². The zero-order valence-electron chi connectivity index (χ0n) is 7.57. The predicted octanol–water partition coefficient (Wildman–Crippen LogP) is 2.87. The second kappa shape index (κ2) is 4.27. The Morgan fingerprint density at radius 2 is 1.91 bits per heavy atom. The van der Waals surface area contributed by atoms with Gasteiger partial charge in [0.2, 0.25) is 0 Å². The molecule has 1 nitrogen and oxygen atoms in total. The van der Waals surface area contributed by atoms with E-state index >= 15 is 0 Å². The quantitative estimate of drug-likeness (QED) is 0.577. The number of Topliss-reactive ketones (excluding diaryl/α,β-unsaturated/α-hetero) is 1. The van der Waals surface area contributed by atoms with Crippen LogP contribution in [0.5, 0.6) is 0 Å². The summed E-state index contributed by atoms with van der Waals surface area (Å²) in [5, 5.41) is 0. The lowest BCUT2D eigenvalue weighted by molar-refractivity contribution is -0.115. The molecule has 0 aliphatic carbocycles. The number of carbonyl (C=O) groups is 1. The Morgan fingerprint density at radius 1 is 1.45 bits per heavy atom. The highest BCUT2D eigenvalue weighted by molar-refractivity contribution is 5.91. The van der Waals surface area contributed by atoms with Gasteiger partial charge in [-0.25, -0.2) is 4.39 Å². The Labute approximate surface area is 67.3 Å². The average molecular weight is 158 g/mol. The summed E-state index contributed by atoms with van der Waals surface area (Å²) in [5.41, 5.74) is 0.569. The minimum atomic E-state index is -0.570. The molecule has 0 heterocycles. The van der Waals surface area contributed by atoms with Gasteiger partial charge < -0.3 is 0 Å². The zero-order chi connectivity index (χ0) is 9.02. The monoisotopic (exact) mass is 158 g/mol. The fraction of sp³-hybridized carbons (Fsp3) is 0.667. The number of hydrogen-bond donors (Lipinski definition) is 0. The van der Waals surface area contributed by atoms with E-state index in [9.17, 15) is 9.18 Å². The zero-order valence-corrected chi connectivity index (χ0v) is 7.57. The number of ketones is 1. The van der Waals surface area contributed by atoms with Gasteiger partial charge in [-0.3, -0.25) is 4.79 Å². The van der Waals surface area contributed by atoms with Crippen LogP contribution >= 0.6 is 0 Å². The summed E-state index contributed by atoms with van der Waals surface area (Å²) in [6, 6.07) is 0. The predicted molar refractivity (Wildman–Crippen MR) is 43.9 cm³/mol. The molecule has 0 fully saturated rings. The van der Waals surface area contributed by atoms with Crippen LogP contribution in [0.15, 0.2) is 11.4 Å². The second-order valence-corrected chi connectivity index (χ2v) is 2.86. The van der Waals surface area contributed by atoms with Crippen LogP contribution in [-0.2, 0) is 4.79 Å². The second-order valence-electron chi connectivity index (χ2n) is 2.86. The number of hydrogen-bond acceptors (Lipinski definition) is 1. The van der Waals surface area contributed by atoms with E-state index in [1.807, 2.05) is 13.8 Å².